The van der Waals surface area contributed by atoms with Crippen LogP contribution in [-0.4, -0.2) is 103 Å². The number of ether oxygens (including phenoxy) is 2. The molecular weight excluding hydrogens is 616 g/mol. The molecule has 4 aromatic rings. The van der Waals surface area contributed by atoms with Gasteiger partial charge in [0, 0.05) is 88.3 Å². The van der Waals surface area contributed by atoms with Crippen molar-refractivity contribution in [2.45, 2.75) is 51.6 Å². The van der Waals surface area contributed by atoms with Crippen molar-refractivity contribution < 1.29 is 28.7 Å². The molecule has 0 atom stereocenters. The van der Waals surface area contributed by atoms with E-state index in [0.29, 0.717) is 11.1 Å². The number of hydrogen-bond donors (Lipinski definition) is 0. The molecular formula is C34H40N8O6. The zero-order valence-corrected chi connectivity index (χ0v) is 27.6. The summed E-state index contributed by atoms with van der Waals surface area (Å²) in [5.41, 5.74) is 4.29. The third kappa shape index (κ3) is 7.76. The maximum atomic E-state index is 11.7. The summed E-state index contributed by atoms with van der Waals surface area (Å²) in [6, 6.07) is 7.80. The van der Waals surface area contributed by atoms with E-state index in [9.17, 15) is 19.2 Å². The number of piperidine rings is 2. The Bertz CT molecular complexity index is 1620. The van der Waals surface area contributed by atoms with Crippen LogP contribution in [0.5, 0.6) is 0 Å². The van der Waals surface area contributed by atoms with Crippen LogP contribution in [0.15, 0.2) is 61.4 Å². The van der Waals surface area contributed by atoms with Gasteiger partial charge in [-0.15, -0.1) is 0 Å². The number of rotatable bonds is 6. The molecule has 14 nitrogen and oxygen atoms in total. The Balaban J connectivity index is 0.000000188. The Morgan fingerprint density at radius 2 is 1.00 bits per heavy atom. The standard InChI is InChI=1S/2C17H20N4O3/c2*1-12(22)20-7-4-15(5-8-20)21-16(3-6-19-21)13-9-14(11-18-10-13)17(23)24-2/h2*3,6,9-11,15H,4-5,7-8H2,1-2H3. The number of esters is 2. The summed E-state index contributed by atoms with van der Waals surface area (Å²) in [6.45, 7) is 6.15. The summed E-state index contributed by atoms with van der Waals surface area (Å²) in [7, 11) is 2.70. The van der Waals surface area contributed by atoms with Gasteiger partial charge >= 0.3 is 11.9 Å². The summed E-state index contributed by atoms with van der Waals surface area (Å²) < 4.78 is 13.4. The van der Waals surface area contributed by atoms with E-state index in [4.69, 9.17) is 9.47 Å². The second-order valence-corrected chi connectivity index (χ2v) is 11.7. The van der Waals surface area contributed by atoms with Crippen molar-refractivity contribution in [2.75, 3.05) is 40.4 Å². The predicted octanol–water partition coefficient (Wildman–Crippen LogP) is 3.83. The van der Waals surface area contributed by atoms with Crippen molar-refractivity contribution in [1.29, 1.82) is 0 Å². The Kier molecular flexibility index (Phi) is 10.9. The number of hydrogen-bond acceptors (Lipinski definition) is 10. The van der Waals surface area contributed by atoms with Crippen molar-refractivity contribution in [3.63, 3.8) is 0 Å². The predicted molar refractivity (Wildman–Crippen MR) is 175 cm³/mol. The van der Waals surface area contributed by atoms with E-state index in [2.05, 4.69) is 20.2 Å². The molecule has 14 heteroatoms. The third-order valence-electron chi connectivity index (χ3n) is 8.76. The van der Waals surface area contributed by atoms with E-state index in [0.717, 1.165) is 74.4 Å². The van der Waals surface area contributed by atoms with Crippen molar-refractivity contribution in [1.82, 2.24) is 39.3 Å². The van der Waals surface area contributed by atoms with Crippen LogP contribution in [0.1, 0.15) is 72.3 Å². The van der Waals surface area contributed by atoms with Crippen LogP contribution in [0.4, 0.5) is 0 Å². The molecule has 0 aliphatic carbocycles. The Hall–Kier alpha value is -5.40. The van der Waals surface area contributed by atoms with E-state index in [1.807, 2.05) is 31.3 Å². The first kappa shape index (κ1) is 33.9. The van der Waals surface area contributed by atoms with Gasteiger partial charge in [-0.25, -0.2) is 9.59 Å². The molecule has 2 aliphatic rings. The summed E-state index contributed by atoms with van der Waals surface area (Å²) in [5.74, 6) is -0.594. The first-order chi connectivity index (χ1) is 23.2. The Morgan fingerprint density at radius 3 is 1.33 bits per heavy atom. The van der Waals surface area contributed by atoms with E-state index in [1.165, 1.54) is 26.6 Å². The fourth-order valence-electron chi connectivity index (χ4n) is 6.14. The van der Waals surface area contributed by atoms with Gasteiger partial charge in [-0.1, -0.05) is 0 Å². The summed E-state index contributed by atoms with van der Waals surface area (Å²) >= 11 is 0. The van der Waals surface area contributed by atoms with Gasteiger partial charge in [0.15, 0.2) is 0 Å². The molecule has 0 N–H and O–H groups in total. The summed E-state index contributed by atoms with van der Waals surface area (Å²) in [5, 5.41) is 8.90. The highest BCUT2D eigenvalue weighted by atomic mass is 16.5. The zero-order chi connectivity index (χ0) is 34.2. The molecule has 4 aromatic heterocycles. The minimum Gasteiger partial charge on any atom is -0.465 e. The SMILES string of the molecule is COC(=O)c1cncc(-c2ccnn2C2CCN(C(C)=O)CC2)c1.COC(=O)c1cncc(-c2ccnn2C2CCN(C(C)=O)CC2)c1. The smallest absolute Gasteiger partial charge is 0.339 e. The van der Waals surface area contributed by atoms with Crippen LogP contribution in [-0.2, 0) is 19.1 Å². The lowest BCUT2D eigenvalue weighted by Gasteiger charge is -2.32. The van der Waals surface area contributed by atoms with Gasteiger partial charge in [0.2, 0.25) is 11.8 Å². The fourth-order valence-corrected chi connectivity index (χ4v) is 6.14. The van der Waals surface area contributed by atoms with Crippen LogP contribution < -0.4 is 0 Å². The van der Waals surface area contributed by atoms with E-state index < -0.39 is 11.9 Å². The van der Waals surface area contributed by atoms with Gasteiger partial charge in [-0.05, 0) is 49.9 Å². The number of methoxy groups -OCH3 is 2. The van der Waals surface area contributed by atoms with Crippen molar-refractivity contribution in [2.24, 2.45) is 0 Å². The lowest BCUT2D eigenvalue weighted by molar-refractivity contribution is -0.130. The lowest BCUT2D eigenvalue weighted by Crippen LogP contribution is -2.38. The van der Waals surface area contributed by atoms with Crippen LogP contribution in [0, 0.1) is 0 Å². The van der Waals surface area contributed by atoms with Crippen LogP contribution in [0.2, 0.25) is 0 Å². The van der Waals surface area contributed by atoms with Crippen molar-refractivity contribution >= 4 is 23.8 Å². The average molecular weight is 657 g/mol. The molecule has 2 amide bonds. The van der Waals surface area contributed by atoms with Gasteiger partial charge in [-0.2, -0.15) is 10.2 Å². The van der Waals surface area contributed by atoms with Crippen LogP contribution in [0.3, 0.4) is 0 Å². The number of nitrogens with zero attached hydrogens (tertiary/aromatic N) is 8. The van der Waals surface area contributed by atoms with Crippen LogP contribution >= 0.6 is 0 Å². The van der Waals surface area contributed by atoms with Gasteiger partial charge in [0.25, 0.3) is 0 Å². The molecule has 2 aliphatic heterocycles. The highest BCUT2D eigenvalue weighted by Crippen LogP contribution is 2.30. The quantitative estimate of drug-likeness (QED) is 0.280. The topological polar surface area (TPSA) is 155 Å². The molecule has 0 radical (unpaired) electrons. The minimum absolute atomic E-state index is 0.115. The summed E-state index contributed by atoms with van der Waals surface area (Å²) in [6.07, 6.45) is 13.3. The normalized spacial score (nSPS) is 15.3. The van der Waals surface area contributed by atoms with Gasteiger partial charge in [0.1, 0.15) is 0 Å². The lowest BCUT2D eigenvalue weighted by atomic mass is 10.0. The van der Waals surface area contributed by atoms with E-state index in [-0.39, 0.29) is 23.9 Å². The Morgan fingerprint density at radius 1 is 0.625 bits per heavy atom. The highest BCUT2D eigenvalue weighted by molar-refractivity contribution is 5.90. The number of amides is 2. The van der Waals surface area contributed by atoms with E-state index in [1.54, 1.807) is 50.8 Å². The first-order valence-electron chi connectivity index (χ1n) is 15.9. The van der Waals surface area contributed by atoms with Gasteiger partial charge in [-0.3, -0.25) is 28.9 Å². The van der Waals surface area contributed by atoms with E-state index >= 15 is 0 Å². The number of carbonyl (C=O) groups is 4. The molecule has 2 fully saturated rings. The van der Waals surface area contributed by atoms with Crippen molar-refractivity contribution in [3.05, 3.63) is 72.6 Å². The monoisotopic (exact) mass is 656 g/mol. The average Bonchev–Trinajstić information content (AvgIpc) is 3.82. The number of pyridine rings is 2. The summed E-state index contributed by atoms with van der Waals surface area (Å²) in [4.78, 5) is 58.3. The number of likely N-dealkylation sites (tertiary alicyclic amines) is 2. The minimum atomic E-state index is -0.412. The van der Waals surface area contributed by atoms with Gasteiger partial charge in [0.05, 0.1) is 48.8 Å². The van der Waals surface area contributed by atoms with Crippen molar-refractivity contribution in [3.8, 4) is 22.5 Å². The molecule has 48 heavy (non-hydrogen) atoms. The maximum Gasteiger partial charge on any atom is 0.339 e. The third-order valence-corrected chi connectivity index (χ3v) is 8.76. The highest BCUT2D eigenvalue weighted by Gasteiger charge is 2.26. The maximum absolute atomic E-state index is 11.7. The molecule has 0 bridgehead atoms. The second-order valence-electron chi connectivity index (χ2n) is 11.7. The molecule has 0 saturated carbocycles. The molecule has 2 saturated heterocycles. The zero-order valence-electron chi connectivity index (χ0n) is 27.6. The Labute approximate surface area is 278 Å². The molecule has 6 heterocycles. The number of carbonyl (C=O) groups excluding carboxylic acids is 4. The molecule has 0 aromatic carbocycles. The fraction of sp³-hybridized carbons (Fsp3) is 0.412. The van der Waals surface area contributed by atoms with Crippen LogP contribution in [0.25, 0.3) is 22.5 Å². The number of aromatic nitrogens is 6. The molecule has 252 valence electrons. The first-order valence-corrected chi connectivity index (χ1v) is 15.9. The molecule has 6 rings (SSSR count). The van der Waals surface area contributed by atoms with Gasteiger partial charge < -0.3 is 19.3 Å². The second kappa shape index (κ2) is 15.5. The molecule has 0 spiro atoms. The largest absolute Gasteiger partial charge is 0.465 e. The molecule has 0 unspecified atom stereocenters.